The number of alkyl halides is 1. The molecule has 1 fully saturated rings. The molecule has 0 aliphatic carbocycles. The van der Waals surface area contributed by atoms with E-state index in [1.165, 1.54) is 0 Å². The van der Waals surface area contributed by atoms with Crippen LogP contribution in [0, 0.1) is 0 Å². The van der Waals surface area contributed by atoms with E-state index in [4.69, 9.17) is 0 Å². The Morgan fingerprint density at radius 2 is 2.17 bits per heavy atom. The molecule has 0 radical (unpaired) electrons. The summed E-state index contributed by atoms with van der Waals surface area (Å²) in [5, 5.41) is 0.893. The summed E-state index contributed by atoms with van der Waals surface area (Å²) >= 11 is 3.52. The summed E-state index contributed by atoms with van der Waals surface area (Å²) in [4.78, 5) is 14.7. The van der Waals surface area contributed by atoms with Crippen molar-refractivity contribution in [2.45, 2.75) is 38.1 Å². The monoisotopic (exact) mass is 309 g/mol. The molecule has 1 saturated heterocycles. The van der Waals surface area contributed by atoms with Crippen molar-refractivity contribution in [3.05, 3.63) is 35.9 Å². The number of likely N-dealkylation sites (tertiary alicyclic amines) is 1. The number of hydrogen-bond acceptors (Lipinski definition) is 1. The van der Waals surface area contributed by atoms with Gasteiger partial charge in [-0.05, 0) is 24.8 Å². The highest BCUT2D eigenvalue weighted by Gasteiger charge is 2.32. The van der Waals surface area contributed by atoms with Gasteiger partial charge in [-0.2, -0.15) is 0 Å². The summed E-state index contributed by atoms with van der Waals surface area (Å²) in [6, 6.07) is 10.5. The lowest BCUT2D eigenvalue weighted by Gasteiger charge is -2.27. The zero-order valence-electron chi connectivity index (χ0n) is 10.8. The maximum absolute atomic E-state index is 12.7. The molecular weight excluding hydrogens is 290 g/mol. The lowest BCUT2D eigenvalue weighted by Crippen LogP contribution is -2.39. The van der Waals surface area contributed by atoms with E-state index < -0.39 is 0 Å². The van der Waals surface area contributed by atoms with E-state index in [9.17, 15) is 4.79 Å². The minimum Gasteiger partial charge on any atom is -0.338 e. The fraction of sp³-hybridized carbons (Fsp3) is 0.533. The van der Waals surface area contributed by atoms with Crippen LogP contribution in [0.4, 0.5) is 0 Å². The van der Waals surface area contributed by atoms with Crippen LogP contribution in [0.1, 0.15) is 37.7 Å². The number of benzene rings is 1. The number of nitrogens with zero attached hydrogens (tertiary/aromatic N) is 1. The van der Waals surface area contributed by atoms with Crippen LogP contribution in [0.15, 0.2) is 30.3 Å². The highest BCUT2D eigenvalue weighted by molar-refractivity contribution is 9.09. The lowest BCUT2D eigenvalue weighted by molar-refractivity contribution is -0.133. The van der Waals surface area contributed by atoms with Gasteiger partial charge >= 0.3 is 0 Å². The average Bonchev–Trinajstić information content (AvgIpc) is 2.89. The van der Waals surface area contributed by atoms with Crippen molar-refractivity contribution in [1.82, 2.24) is 4.90 Å². The van der Waals surface area contributed by atoms with Crippen molar-refractivity contribution >= 4 is 21.8 Å². The fourth-order valence-corrected chi connectivity index (χ4v) is 3.40. The van der Waals surface area contributed by atoms with Gasteiger partial charge in [0.15, 0.2) is 0 Å². The highest BCUT2D eigenvalue weighted by atomic mass is 79.9. The summed E-state index contributed by atoms with van der Waals surface area (Å²) in [6.07, 6.45) is 3.13. The molecule has 3 heteroatoms. The van der Waals surface area contributed by atoms with Crippen LogP contribution in [-0.4, -0.2) is 28.7 Å². The Morgan fingerprint density at radius 1 is 1.44 bits per heavy atom. The Hall–Kier alpha value is -0.830. The molecule has 18 heavy (non-hydrogen) atoms. The molecule has 2 nitrogen and oxygen atoms in total. The van der Waals surface area contributed by atoms with Gasteiger partial charge in [0.05, 0.1) is 5.92 Å². The van der Waals surface area contributed by atoms with E-state index >= 15 is 0 Å². The maximum atomic E-state index is 12.7. The van der Waals surface area contributed by atoms with Gasteiger partial charge < -0.3 is 4.90 Å². The van der Waals surface area contributed by atoms with Gasteiger partial charge in [0.25, 0.3) is 0 Å². The van der Waals surface area contributed by atoms with E-state index in [1.807, 2.05) is 18.2 Å². The Kier molecular flexibility index (Phi) is 4.81. The van der Waals surface area contributed by atoms with Crippen LogP contribution in [0.25, 0.3) is 0 Å². The van der Waals surface area contributed by atoms with Crippen LogP contribution in [-0.2, 0) is 4.79 Å². The van der Waals surface area contributed by atoms with E-state index in [1.54, 1.807) is 0 Å². The molecule has 1 aliphatic rings. The molecule has 0 spiro atoms. The summed E-state index contributed by atoms with van der Waals surface area (Å²) in [7, 11) is 0. The lowest BCUT2D eigenvalue weighted by atomic mass is 9.95. The van der Waals surface area contributed by atoms with Crippen LogP contribution < -0.4 is 0 Å². The molecule has 1 aliphatic heterocycles. The SMILES string of the molecule is CCC(C(=O)N1CCCC1CBr)c1ccccc1. The van der Waals surface area contributed by atoms with E-state index in [2.05, 4.69) is 39.9 Å². The third kappa shape index (κ3) is 2.77. The first-order chi connectivity index (χ1) is 8.77. The molecule has 0 saturated carbocycles. The molecule has 2 unspecified atom stereocenters. The second-order valence-corrected chi connectivity index (χ2v) is 5.50. The van der Waals surface area contributed by atoms with Crippen LogP contribution >= 0.6 is 15.9 Å². The second-order valence-electron chi connectivity index (χ2n) is 4.85. The van der Waals surface area contributed by atoms with Crippen LogP contribution in [0.5, 0.6) is 0 Å². The van der Waals surface area contributed by atoms with Crippen LogP contribution in [0.3, 0.4) is 0 Å². The third-order valence-electron chi connectivity index (χ3n) is 3.75. The normalized spacial score (nSPS) is 21.0. The molecule has 2 atom stereocenters. The first-order valence-electron chi connectivity index (χ1n) is 6.69. The summed E-state index contributed by atoms with van der Waals surface area (Å²) < 4.78 is 0. The smallest absolute Gasteiger partial charge is 0.230 e. The third-order valence-corrected chi connectivity index (χ3v) is 4.49. The van der Waals surface area contributed by atoms with Crippen LogP contribution in [0.2, 0.25) is 0 Å². The quantitative estimate of drug-likeness (QED) is 0.779. The molecule has 0 aromatic heterocycles. The van der Waals surface area contributed by atoms with Crippen molar-refractivity contribution in [1.29, 1.82) is 0 Å². The standard InChI is InChI=1S/C15H20BrNO/c1-2-14(12-7-4-3-5-8-12)15(18)17-10-6-9-13(17)11-16/h3-5,7-8,13-14H,2,6,9-11H2,1H3. The van der Waals surface area contributed by atoms with E-state index in [0.717, 1.165) is 36.7 Å². The highest BCUT2D eigenvalue weighted by Crippen LogP contribution is 2.27. The predicted octanol–water partition coefficient (Wildman–Crippen LogP) is 3.57. The maximum Gasteiger partial charge on any atom is 0.230 e. The zero-order valence-corrected chi connectivity index (χ0v) is 12.4. The van der Waals surface area contributed by atoms with Crippen molar-refractivity contribution in [2.75, 3.05) is 11.9 Å². The number of hydrogen-bond donors (Lipinski definition) is 0. The molecule has 0 bridgehead atoms. The summed E-state index contributed by atoms with van der Waals surface area (Å²) in [5.74, 6) is 0.316. The average molecular weight is 310 g/mol. The molecule has 1 amide bonds. The zero-order chi connectivity index (χ0) is 13.0. The number of halogens is 1. The molecule has 0 N–H and O–H groups in total. The minimum absolute atomic E-state index is 0.0193. The van der Waals surface area contributed by atoms with Crippen molar-refractivity contribution in [3.8, 4) is 0 Å². The molecule has 98 valence electrons. The Morgan fingerprint density at radius 3 is 2.78 bits per heavy atom. The fourth-order valence-electron chi connectivity index (χ4n) is 2.72. The largest absolute Gasteiger partial charge is 0.338 e. The topological polar surface area (TPSA) is 20.3 Å². The number of carbonyl (C=O) groups excluding carboxylic acids is 1. The number of amides is 1. The molecular formula is C15H20BrNO. The second kappa shape index (κ2) is 6.37. The van der Waals surface area contributed by atoms with E-state index in [-0.39, 0.29) is 5.92 Å². The molecule has 1 heterocycles. The predicted molar refractivity (Wildman–Crippen MR) is 78.0 cm³/mol. The van der Waals surface area contributed by atoms with Gasteiger partial charge in [-0.25, -0.2) is 0 Å². The van der Waals surface area contributed by atoms with Crippen molar-refractivity contribution in [3.63, 3.8) is 0 Å². The van der Waals surface area contributed by atoms with Crippen molar-refractivity contribution in [2.24, 2.45) is 0 Å². The molecule has 1 aromatic rings. The first kappa shape index (κ1) is 13.6. The number of carbonyl (C=O) groups is 1. The van der Waals surface area contributed by atoms with Gasteiger partial charge in [0.1, 0.15) is 0 Å². The van der Waals surface area contributed by atoms with Gasteiger partial charge in [-0.3, -0.25) is 4.79 Å². The van der Waals surface area contributed by atoms with Gasteiger partial charge in [0, 0.05) is 17.9 Å². The Bertz CT molecular complexity index is 393. The van der Waals surface area contributed by atoms with Gasteiger partial charge in [-0.1, -0.05) is 53.2 Å². The van der Waals surface area contributed by atoms with E-state index in [0.29, 0.717) is 11.9 Å². The Balaban J connectivity index is 2.15. The Labute approximate surface area is 117 Å². The van der Waals surface area contributed by atoms with Crippen molar-refractivity contribution < 1.29 is 4.79 Å². The van der Waals surface area contributed by atoms with Gasteiger partial charge in [-0.15, -0.1) is 0 Å². The first-order valence-corrected chi connectivity index (χ1v) is 7.81. The van der Waals surface area contributed by atoms with Gasteiger partial charge in [0.2, 0.25) is 5.91 Å². The number of rotatable bonds is 4. The molecule has 1 aromatic carbocycles. The summed E-state index contributed by atoms with van der Waals surface area (Å²) in [5.41, 5.74) is 1.14. The summed E-state index contributed by atoms with van der Waals surface area (Å²) in [6.45, 7) is 3.01. The minimum atomic E-state index is 0.0193. The molecule has 2 rings (SSSR count).